The molecule has 1 unspecified atom stereocenters. The number of hydrogen-bond acceptors (Lipinski definition) is 4. The van der Waals surface area contributed by atoms with Gasteiger partial charge in [0.25, 0.3) is 5.91 Å². The quantitative estimate of drug-likeness (QED) is 0.696. The lowest BCUT2D eigenvalue weighted by atomic mass is 10.1. The molecule has 0 aromatic heterocycles. The van der Waals surface area contributed by atoms with Crippen LogP contribution in [-0.2, 0) is 11.2 Å². The van der Waals surface area contributed by atoms with E-state index >= 15 is 0 Å². The van der Waals surface area contributed by atoms with Crippen LogP contribution in [0.15, 0.2) is 48.5 Å². The van der Waals surface area contributed by atoms with Crippen molar-refractivity contribution in [2.45, 2.75) is 26.4 Å². The topological polar surface area (TPSA) is 59.1 Å². The molecule has 1 saturated heterocycles. The number of benzene rings is 2. The lowest BCUT2D eigenvalue weighted by molar-refractivity contribution is -0.127. The second kappa shape index (κ2) is 9.25. The first-order valence-corrected chi connectivity index (χ1v) is 10.8. The number of hydrogen-bond donors (Lipinski definition) is 0. The molecular formula is C25H28N2O4. The van der Waals surface area contributed by atoms with E-state index in [9.17, 15) is 9.59 Å². The number of nitrogens with zero attached hydrogens (tertiary/aromatic N) is 2. The summed E-state index contributed by atoms with van der Waals surface area (Å²) in [7, 11) is 0. The SMILES string of the molecule is CCOc1cc2c(cc1/C=C/C(=O)N1CCN(C(=O)c3ccccc3)CC1)OC(C)C2. The Hall–Kier alpha value is -3.28. The Labute approximate surface area is 183 Å². The van der Waals surface area contributed by atoms with Crippen LogP contribution < -0.4 is 9.47 Å². The lowest BCUT2D eigenvalue weighted by Crippen LogP contribution is -2.50. The largest absolute Gasteiger partial charge is 0.493 e. The van der Waals surface area contributed by atoms with Crippen molar-refractivity contribution in [1.29, 1.82) is 0 Å². The molecule has 4 rings (SSSR count). The van der Waals surface area contributed by atoms with Crippen molar-refractivity contribution in [2.24, 2.45) is 0 Å². The van der Waals surface area contributed by atoms with E-state index in [-0.39, 0.29) is 17.9 Å². The monoisotopic (exact) mass is 420 g/mol. The van der Waals surface area contributed by atoms with Gasteiger partial charge in [0.2, 0.25) is 5.91 Å². The second-order valence-electron chi connectivity index (χ2n) is 7.88. The van der Waals surface area contributed by atoms with Gasteiger partial charge in [-0.3, -0.25) is 9.59 Å². The van der Waals surface area contributed by atoms with Gasteiger partial charge in [-0.2, -0.15) is 0 Å². The zero-order chi connectivity index (χ0) is 21.8. The summed E-state index contributed by atoms with van der Waals surface area (Å²) in [5, 5.41) is 0. The predicted molar refractivity (Wildman–Crippen MR) is 119 cm³/mol. The van der Waals surface area contributed by atoms with Gasteiger partial charge in [0.1, 0.15) is 17.6 Å². The van der Waals surface area contributed by atoms with Gasteiger partial charge in [0, 0.05) is 55.4 Å². The molecule has 2 aromatic carbocycles. The molecule has 0 spiro atoms. The van der Waals surface area contributed by atoms with Gasteiger partial charge in [-0.25, -0.2) is 0 Å². The molecule has 0 N–H and O–H groups in total. The third kappa shape index (κ3) is 4.74. The fraction of sp³-hybridized carbons (Fsp3) is 0.360. The molecule has 0 bridgehead atoms. The van der Waals surface area contributed by atoms with Gasteiger partial charge in [0.05, 0.1) is 6.61 Å². The van der Waals surface area contributed by atoms with Crippen LogP contribution in [0.1, 0.15) is 35.3 Å². The van der Waals surface area contributed by atoms with Crippen molar-refractivity contribution in [1.82, 2.24) is 9.80 Å². The number of fused-ring (bicyclic) bond motifs is 1. The van der Waals surface area contributed by atoms with E-state index in [0.29, 0.717) is 38.3 Å². The first kappa shape index (κ1) is 21.0. The average molecular weight is 421 g/mol. The third-order valence-corrected chi connectivity index (χ3v) is 5.63. The molecule has 0 radical (unpaired) electrons. The molecule has 162 valence electrons. The fourth-order valence-electron chi connectivity index (χ4n) is 4.03. The highest BCUT2D eigenvalue weighted by molar-refractivity contribution is 5.95. The van der Waals surface area contributed by atoms with Crippen LogP contribution in [0, 0.1) is 0 Å². The Morgan fingerprint density at radius 1 is 1.10 bits per heavy atom. The Balaban J connectivity index is 1.39. The van der Waals surface area contributed by atoms with Crippen LogP contribution in [-0.4, -0.2) is 60.5 Å². The van der Waals surface area contributed by atoms with Crippen molar-refractivity contribution in [3.63, 3.8) is 0 Å². The van der Waals surface area contributed by atoms with E-state index in [4.69, 9.17) is 9.47 Å². The summed E-state index contributed by atoms with van der Waals surface area (Å²) in [5.74, 6) is 1.57. The van der Waals surface area contributed by atoms with E-state index in [0.717, 1.165) is 29.0 Å². The van der Waals surface area contributed by atoms with Gasteiger partial charge in [-0.15, -0.1) is 0 Å². The first-order chi connectivity index (χ1) is 15.0. The molecule has 2 amide bonds. The highest BCUT2D eigenvalue weighted by Gasteiger charge is 2.24. The van der Waals surface area contributed by atoms with Gasteiger partial charge in [-0.1, -0.05) is 18.2 Å². The van der Waals surface area contributed by atoms with E-state index < -0.39 is 0 Å². The maximum Gasteiger partial charge on any atom is 0.253 e. The van der Waals surface area contributed by atoms with Crippen LogP contribution in [0.2, 0.25) is 0 Å². The summed E-state index contributed by atoms with van der Waals surface area (Å²) < 4.78 is 11.6. The molecule has 6 nitrogen and oxygen atoms in total. The average Bonchev–Trinajstić information content (AvgIpc) is 3.16. The zero-order valence-corrected chi connectivity index (χ0v) is 18.0. The van der Waals surface area contributed by atoms with Crippen LogP contribution in [0.25, 0.3) is 6.08 Å². The number of rotatable bonds is 5. The Bertz CT molecular complexity index is 979. The standard InChI is InChI=1S/C25H28N2O4/c1-3-30-22-17-21-15-18(2)31-23(21)16-20(22)9-10-24(28)26-11-13-27(14-12-26)25(29)19-7-5-4-6-8-19/h4-10,16-18H,3,11-15H2,1-2H3/b10-9+. The van der Waals surface area contributed by atoms with Crippen molar-refractivity contribution < 1.29 is 19.1 Å². The van der Waals surface area contributed by atoms with E-state index in [1.165, 1.54) is 0 Å². The minimum absolute atomic E-state index is 0.0111. The number of ether oxygens (including phenoxy) is 2. The summed E-state index contributed by atoms with van der Waals surface area (Å²) in [5.41, 5.74) is 2.65. The Morgan fingerprint density at radius 2 is 1.81 bits per heavy atom. The predicted octanol–water partition coefficient (Wildman–Crippen LogP) is 3.41. The van der Waals surface area contributed by atoms with Crippen molar-refractivity contribution in [2.75, 3.05) is 32.8 Å². The van der Waals surface area contributed by atoms with E-state index in [2.05, 4.69) is 0 Å². The molecular weight excluding hydrogens is 392 g/mol. The first-order valence-electron chi connectivity index (χ1n) is 10.8. The van der Waals surface area contributed by atoms with Crippen molar-refractivity contribution in [3.8, 4) is 11.5 Å². The highest BCUT2D eigenvalue weighted by Crippen LogP contribution is 2.35. The maximum atomic E-state index is 12.7. The van der Waals surface area contributed by atoms with Crippen LogP contribution in [0.5, 0.6) is 11.5 Å². The molecule has 31 heavy (non-hydrogen) atoms. The molecule has 0 aliphatic carbocycles. The van der Waals surface area contributed by atoms with Crippen molar-refractivity contribution >= 4 is 17.9 Å². The number of amides is 2. The Morgan fingerprint density at radius 3 is 2.52 bits per heavy atom. The van der Waals surface area contributed by atoms with Gasteiger partial charge in [0.15, 0.2) is 0 Å². The highest BCUT2D eigenvalue weighted by atomic mass is 16.5. The lowest BCUT2D eigenvalue weighted by Gasteiger charge is -2.34. The number of carbonyl (C=O) groups is 2. The van der Waals surface area contributed by atoms with E-state index in [1.54, 1.807) is 22.0 Å². The van der Waals surface area contributed by atoms with Crippen molar-refractivity contribution in [3.05, 3.63) is 65.2 Å². The minimum Gasteiger partial charge on any atom is -0.493 e. The molecule has 2 aliphatic rings. The summed E-state index contributed by atoms with van der Waals surface area (Å²) in [6.45, 7) is 6.64. The number of piperazine rings is 1. The van der Waals surface area contributed by atoms with Gasteiger partial charge in [-0.05, 0) is 44.2 Å². The van der Waals surface area contributed by atoms with Gasteiger partial charge >= 0.3 is 0 Å². The van der Waals surface area contributed by atoms with Crippen LogP contribution >= 0.6 is 0 Å². The molecule has 1 fully saturated rings. The zero-order valence-electron chi connectivity index (χ0n) is 18.0. The maximum absolute atomic E-state index is 12.7. The molecule has 1 atom stereocenters. The van der Waals surface area contributed by atoms with E-state index in [1.807, 2.05) is 56.3 Å². The number of carbonyl (C=O) groups excluding carboxylic acids is 2. The Kier molecular flexibility index (Phi) is 6.26. The summed E-state index contributed by atoms with van der Waals surface area (Å²) in [4.78, 5) is 28.9. The smallest absolute Gasteiger partial charge is 0.253 e. The minimum atomic E-state index is -0.0657. The molecule has 2 aromatic rings. The summed E-state index contributed by atoms with van der Waals surface area (Å²) in [6.07, 6.45) is 4.39. The summed E-state index contributed by atoms with van der Waals surface area (Å²) in [6, 6.07) is 13.2. The fourth-order valence-corrected chi connectivity index (χ4v) is 4.03. The van der Waals surface area contributed by atoms with Crippen LogP contribution in [0.4, 0.5) is 0 Å². The normalized spacial score (nSPS) is 18.1. The summed E-state index contributed by atoms with van der Waals surface area (Å²) >= 11 is 0. The third-order valence-electron chi connectivity index (χ3n) is 5.63. The molecule has 0 saturated carbocycles. The van der Waals surface area contributed by atoms with Gasteiger partial charge < -0.3 is 19.3 Å². The molecule has 6 heteroatoms. The second-order valence-corrected chi connectivity index (χ2v) is 7.88. The van der Waals surface area contributed by atoms with Crippen LogP contribution in [0.3, 0.4) is 0 Å². The molecule has 2 heterocycles. The molecule has 2 aliphatic heterocycles.